The summed E-state index contributed by atoms with van der Waals surface area (Å²) in [6.45, 7) is 7.41. The SMILES string of the molecule is CC1(C)[C@H]2CC[C@]1(C)[C@H](O)OC2. The highest BCUT2D eigenvalue weighted by molar-refractivity contribution is 5.04. The van der Waals surface area contributed by atoms with E-state index in [-0.39, 0.29) is 10.8 Å². The minimum Gasteiger partial charge on any atom is -0.367 e. The van der Waals surface area contributed by atoms with Crippen LogP contribution in [0.4, 0.5) is 0 Å². The maximum absolute atomic E-state index is 9.77. The van der Waals surface area contributed by atoms with E-state index in [1.807, 2.05) is 0 Å². The van der Waals surface area contributed by atoms with Crippen LogP contribution in [0.25, 0.3) is 0 Å². The van der Waals surface area contributed by atoms with Gasteiger partial charge in [0.05, 0.1) is 6.61 Å². The molecule has 2 nitrogen and oxygen atoms in total. The molecule has 2 rings (SSSR count). The van der Waals surface area contributed by atoms with Gasteiger partial charge in [-0.15, -0.1) is 0 Å². The quantitative estimate of drug-likeness (QED) is 0.600. The maximum atomic E-state index is 9.77. The van der Waals surface area contributed by atoms with Crippen molar-refractivity contribution in [3.63, 3.8) is 0 Å². The van der Waals surface area contributed by atoms with Crippen LogP contribution in [0.5, 0.6) is 0 Å². The van der Waals surface area contributed by atoms with E-state index in [0.717, 1.165) is 13.0 Å². The first-order chi connectivity index (χ1) is 5.48. The van der Waals surface area contributed by atoms with Gasteiger partial charge < -0.3 is 9.84 Å². The second-order valence-corrected chi connectivity index (χ2v) is 5.06. The first-order valence-electron chi connectivity index (χ1n) is 4.78. The molecule has 12 heavy (non-hydrogen) atoms. The Morgan fingerprint density at radius 1 is 1.33 bits per heavy atom. The van der Waals surface area contributed by atoms with Gasteiger partial charge in [0.25, 0.3) is 0 Å². The lowest BCUT2D eigenvalue weighted by Crippen LogP contribution is -2.50. The van der Waals surface area contributed by atoms with Crippen LogP contribution in [-0.2, 0) is 4.74 Å². The molecular formula is C10H18O2. The molecule has 3 atom stereocenters. The summed E-state index contributed by atoms with van der Waals surface area (Å²) in [7, 11) is 0. The fourth-order valence-corrected chi connectivity index (χ4v) is 2.75. The van der Waals surface area contributed by atoms with Gasteiger partial charge in [-0.3, -0.25) is 0 Å². The van der Waals surface area contributed by atoms with E-state index in [9.17, 15) is 5.11 Å². The van der Waals surface area contributed by atoms with Crippen molar-refractivity contribution in [3.8, 4) is 0 Å². The lowest BCUT2D eigenvalue weighted by molar-refractivity contribution is -0.240. The molecule has 1 heterocycles. The molecule has 70 valence electrons. The van der Waals surface area contributed by atoms with Crippen LogP contribution < -0.4 is 0 Å². The molecular weight excluding hydrogens is 152 g/mol. The molecule has 1 saturated heterocycles. The predicted molar refractivity (Wildman–Crippen MR) is 46.6 cm³/mol. The summed E-state index contributed by atoms with van der Waals surface area (Å²) in [4.78, 5) is 0. The number of rotatable bonds is 0. The molecule has 2 aliphatic rings. The zero-order valence-corrected chi connectivity index (χ0v) is 8.13. The van der Waals surface area contributed by atoms with E-state index >= 15 is 0 Å². The standard InChI is InChI=1S/C10H18O2/c1-9(2)7-4-5-10(9,3)8(11)12-6-7/h7-8,11H,4-6H2,1-3H3/t7-,8+,10+/m0/s1. The van der Waals surface area contributed by atoms with Gasteiger partial charge in [-0.25, -0.2) is 0 Å². The summed E-state index contributed by atoms with van der Waals surface area (Å²) in [6, 6.07) is 0. The average molecular weight is 170 g/mol. The van der Waals surface area contributed by atoms with E-state index in [0.29, 0.717) is 5.92 Å². The van der Waals surface area contributed by atoms with Gasteiger partial charge in [-0.1, -0.05) is 20.8 Å². The summed E-state index contributed by atoms with van der Waals surface area (Å²) in [6.07, 6.45) is 1.76. The third-order valence-electron chi connectivity index (χ3n) is 4.51. The minimum absolute atomic E-state index is 0.0179. The Labute approximate surface area is 73.9 Å². The molecule has 2 fully saturated rings. The molecule has 0 spiro atoms. The fraction of sp³-hybridized carbons (Fsp3) is 1.00. The highest BCUT2D eigenvalue weighted by Gasteiger charge is 2.58. The van der Waals surface area contributed by atoms with Gasteiger partial charge >= 0.3 is 0 Å². The molecule has 0 aromatic carbocycles. The first-order valence-corrected chi connectivity index (χ1v) is 4.78. The third kappa shape index (κ3) is 0.775. The molecule has 0 aromatic rings. The van der Waals surface area contributed by atoms with Gasteiger partial charge in [0, 0.05) is 5.41 Å². The molecule has 0 aromatic heterocycles. The van der Waals surface area contributed by atoms with Gasteiger partial charge in [-0.05, 0) is 24.2 Å². The Balaban J connectivity index is 2.37. The van der Waals surface area contributed by atoms with E-state index in [1.54, 1.807) is 0 Å². The van der Waals surface area contributed by atoms with E-state index in [2.05, 4.69) is 20.8 Å². The first kappa shape index (κ1) is 8.52. The molecule has 2 heteroatoms. The number of hydrogen-bond donors (Lipinski definition) is 1. The molecule has 1 aliphatic carbocycles. The molecule has 0 radical (unpaired) electrons. The van der Waals surface area contributed by atoms with Crippen LogP contribution in [0, 0.1) is 16.7 Å². The third-order valence-corrected chi connectivity index (χ3v) is 4.51. The maximum Gasteiger partial charge on any atom is 0.160 e. The Morgan fingerprint density at radius 2 is 2.00 bits per heavy atom. The number of fused-ring (bicyclic) bond motifs is 2. The lowest BCUT2D eigenvalue weighted by Gasteiger charge is -2.48. The Bertz CT molecular complexity index is 198. The number of ether oxygens (including phenoxy) is 1. The van der Waals surface area contributed by atoms with E-state index in [1.165, 1.54) is 6.42 Å². The largest absolute Gasteiger partial charge is 0.367 e. The van der Waals surface area contributed by atoms with Crippen LogP contribution in [0.2, 0.25) is 0 Å². The van der Waals surface area contributed by atoms with Crippen LogP contribution >= 0.6 is 0 Å². The molecule has 0 amide bonds. The normalized spacial score (nSPS) is 51.0. The zero-order valence-electron chi connectivity index (χ0n) is 8.13. The Hall–Kier alpha value is -0.0800. The summed E-state index contributed by atoms with van der Waals surface area (Å²) in [5.74, 6) is 0.644. The summed E-state index contributed by atoms with van der Waals surface area (Å²) >= 11 is 0. The second kappa shape index (κ2) is 2.24. The van der Waals surface area contributed by atoms with Crippen molar-refractivity contribution in [2.45, 2.75) is 39.9 Å². The summed E-state index contributed by atoms with van der Waals surface area (Å²) in [5.41, 5.74) is 0.223. The molecule has 0 unspecified atom stereocenters. The smallest absolute Gasteiger partial charge is 0.160 e. The highest BCUT2D eigenvalue weighted by Crippen LogP contribution is 2.60. The lowest BCUT2D eigenvalue weighted by atomic mass is 9.64. The van der Waals surface area contributed by atoms with Crippen molar-refractivity contribution in [2.75, 3.05) is 6.61 Å². The monoisotopic (exact) mass is 170 g/mol. The predicted octanol–water partition coefficient (Wildman–Crippen LogP) is 1.78. The van der Waals surface area contributed by atoms with Crippen molar-refractivity contribution in [2.24, 2.45) is 16.7 Å². The van der Waals surface area contributed by atoms with Crippen LogP contribution in [-0.4, -0.2) is 18.0 Å². The molecule has 1 saturated carbocycles. The number of aliphatic hydroxyl groups excluding tert-OH is 1. The van der Waals surface area contributed by atoms with Crippen molar-refractivity contribution < 1.29 is 9.84 Å². The van der Waals surface area contributed by atoms with Gasteiger partial charge in [0.15, 0.2) is 6.29 Å². The van der Waals surface area contributed by atoms with Crippen LogP contribution in [0.1, 0.15) is 33.6 Å². The van der Waals surface area contributed by atoms with Crippen LogP contribution in [0.3, 0.4) is 0 Å². The Kier molecular flexibility index (Phi) is 1.59. The van der Waals surface area contributed by atoms with Gasteiger partial charge in [-0.2, -0.15) is 0 Å². The highest BCUT2D eigenvalue weighted by atomic mass is 16.6. The average Bonchev–Trinajstić information content (AvgIpc) is 2.17. The van der Waals surface area contributed by atoms with Crippen molar-refractivity contribution >= 4 is 0 Å². The molecule has 1 N–H and O–H groups in total. The summed E-state index contributed by atoms with van der Waals surface area (Å²) in [5, 5.41) is 9.77. The minimum atomic E-state index is -0.550. The number of hydrogen-bond acceptors (Lipinski definition) is 2. The zero-order chi connectivity index (χ0) is 8.98. The van der Waals surface area contributed by atoms with Crippen molar-refractivity contribution in [3.05, 3.63) is 0 Å². The number of aliphatic hydroxyl groups is 1. The van der Waals surface area contributed by atoms with E-state index < -0.39 is 6.29 Å². The molecule has 2 bridgehead atoms. The van der Waals surface area contributed by atoms with Crippen LogP contribution in [0.15, 0.2) is 0 Å². The Morgan fingerprint density at radius 3 is 2.58 bits per heavy atom. The fourth-order valence-electron chi connectivity index (χ4n) is 2.75. The van der Waals surface area contributed by atoms with Crippen molar-refractivity contribution in [1.29, 1.82) is 0 Å². The van der Waals surface area contributed by atoms with Crippen molar-refractivity contribution in [1.82, 2.24) is 0 Å². The van der Waals surface area contributed by atoms with Gasteiger partial charge in [0.1, 0.15) is 0 Å². The van der Waals surface area contributed by atoms with Gasteiger partial charge in [0.2, 0.25) is 0 Å². The molecule has 1 aliphatic heterocycles. The second-order valence-electron chi connectivity index (χ2n) is 5.06. The topological polar surface area (TPSA) is 29.5 Å². The summed E-state index contributed by atoms with van der Waals surface area (Å²) < 4.78 is 5.36. The van der Waals surface area contributed by atoms with E-state index in [4.69, 9.17) is 4.74 Å².